The Morgan fingerprint density at radius 2 is 1.70 bits per heavy atom. The second kappa shape index (κ2) is 9.71. The predicted molar refractivity (Wildman–Crippen MR) is 117 cm³/mol. The highest BCUT2D eigenvalue weighted by Crippen LogP contribution is 2.29. The van der Waals surface area contributed by atoms with E-state index in [9.17, 15) is 13.2 Å². The first-order chi connectivity index (χ1) is 14.4. The lowest BCUT2D eigenvalue weighted by molar-refractivity contribution is -0.119. The monoisotopic (exact) mass is 462 g/mol. The van der Waals surface area contributed by atoms with Crippen molar-refractivity contribution >= 4 is 51.0 Å². The van der Waals surface area contributed by atoms with Crippen molar-refractivity contribution in [2.75, 3.05) is 10.8 Å². The number of hydrazone groups is 1. The second-order valence-electron chi connectivity index (χ2n) is 6.00. The minimum atomic E-state index is -4.07. The van der Waals surface area contributed by atoms with Crippen LogP contribution in [0.25, 0.3) is 0 Å². The molecule has 1 aromatic heterocycles. The predicted octanol–water partition coefficient (Wildman–Crippen LogP) is 3.73. The van der Waals surface area contributed by atoms with Gasteiger partial charge >= 0.3 is 0 Å². The third kappa shape index (κ3) is 5.56. The molecule has 3 rings (SSSR count). The molecule has 154 valence electrons. The van der Waals surface area contributed by atoms with Crippen LogP contribution in [0, 0.1) is 0 Å². The van der Waals surface area contributed by atoms with Crippen molar-refractivity contribution in [1.82, 2.24) is 10.4 Å². The fraction of sp³-hybridized carbons (Fsp3) is 0.0500. The molecule has 0 aliphatic carbocycles. The molecule has 0 fully saturated rings. The van der Waals surface area contributed by atoms with E-state index in [0.29, 0.717) is 5.69 Å². The molecule has 0 saturated carbocycles. The normalized spacial score (nSPS) is 11.4. The number of carbonyl (C=O) groups is 1. The zero-order valence-corrected chi connectivity index (χ0v) is 17.8. The summed E-state index contributed by atoms with van der Waals surface area (Å²) in [6.45, 7) is -0.534. The Kier molecular flexibility index (Phi) is 7.04. The zero-order valence-electron chi connectivity index (χ0n) is 15.4. The first kappa shape index (κ1) is 21.8. The quantitative estimate of drug-likeness (QED) is 0.427. The van der Waals surface area contributed by atoms with Crippen molar-refractivity contribution in [1.29, 1.82) is 0 Å². The second-order valence-corrected chi connectivity index (χ2v) is 8.74. The van der Waals surface area contributed by atoms with E-state index in [-0.39, 0.29) is 20.6 Å². The fourth-order valence-corrected chi connectivity index (χ4v) is 4.45. The van der Waals surface area contributed by atoms with Crippen LogP contribution in [0.2, 0.25) is 10.0 Å². The molecule has 0 atom stereocenters. The topological polar surface area (TPSA) is 91.7 Å². The van der Waals surface area contributed by atoms with Gasteiger partial charge in [-0.25, -0.2) is 13.8 Å². The van der Waals surface area contributed by atoms with E-state index in [2.05, 4.69) is 15.5 Å². The maximum absolute atomic E-state index is 13.2. The van der Waals surface area contributed by atoms with Crippen molar-refractivity contribution in [2.24, 2.45) is 5.10 Å². The van der Waals surface area contributed by atoms with Gasteiger partial charge in [0.2, 0.25) is 0 Å². The lowest BCUT2D eigenvalue weighted by atomic mass is 10.3. The first-order valence-corrected chi connectivity index (χ1v) is 10.8. The van der Waals surface area contributed by atoms with Gasteiger partial charge in [-0.05, 0) is 42.5 Å². The molecule has 1 heterocycles. The minimum absolute atomic E-state index is 0.0193. The van der Waals surface area contributed by atoms with E-state index in [1.165, 1.54) is 36.5 Å². The van der Waals surface area contributed by atoms with Crippen LogP contribution < -0.4 is 9.73 Å². The smallest absolute Gasteiger partial charge is 0.264 e. The summed E-state index contributed by atoms with van der Waals surface area (Å²) in [6, 6.07) is 17.3. The minimum Gasteiger partial charge on any atom is -0.271 e. The van der Waals surface area contributed by atoms with Crippen LogP contribution in [0.15, 0.2) is 82.9 Å². The molecule has 2 aromatic carbocycles. The van der Waals surface area contributed by atoms with Gasteiger partial charge in [0.1, 0.15) is 6.54 Å². The van der Waals surface area contributed by atoms with Crippen molar-refractivity contribution < 1.29 is 13.2 Å². The molecule has 3 aromatic rings. The summed E-state index contributed by atoms with van der Waals surface area (Å²) in [5.74, 6) is -0.655. The summed E-state index contributed by atoms with van der Waals surface area (Å²) in [5.41, 5.74) is 2.99. The Bertz CT molecular complexity index is 1140. The molecule has 0 radical (unpaired) electrons. The number of amides is 1. The van der Waals surface area contributed by atoms with Crippen LogP contribution in [0.1, 0.15) is 5.69 Å². The number of benzene rings is 2. The van der Waals surface area contributed by atoms with Crippen LogP contribution in [-0.2, 0) is 14.8 Å². The largest absolute Gasteiger partial charge is 0.271 e. The van der Waals surface area contributed by atoms with Gasteiger partial charge in [-0.1, -0.05) is 47.5 Å². The van der Waals surface area contributed by atoms with Crippen LogP contribution in [-0.4, -0.2) is 32.1 Å². The first-order valence-electron chi connectivity index (χ1n) is 8.63. The molecule has 7 nitrogen and oxygen atoms in total. The zero-order chi connectivity index (χ0) is 21.6. The Labute approximate surface area is 184 Å². The van der Waals surface area contributed by atoms with E-state index in [1.807, 2.05) is 0 Å². The van der Waals surface area contributed by atoms with Gasteiger partial charge in [-0.3, -0.25) is 14.1 Å². The summed E-state index contributed by atoms with van der Waals surface area (Å²) in [6.07, 6.45) is 2.93. The summed E-state index contributed by atoms with van der Waals surface area (Å²) in [5, 5.41) is 4.29. The summed E-state index contributed by atoms with van der Waals surface area (Å²) < 4.78 is 27.3. The van der Waals surface area contributed by atoms with Crippen LogP contribution in [0.3, 0.4) is 0 Å². The number of hydrogen-bond donors (Lipinski definition) is 1. The van der Waals surface area contributed by atoms with Gasteiger partial charge in [0.05, 0.1) is 22.5 Å². The lowest BCUT2D eigenvalue weighted by Gasteiger charge is -2.24. The molecule has 0 spiro atoms. The Hall–Kier alpha value is -2.94. The maximum Gasteiger partial charge on any atom is 0.264 e. The van der Waals surface area contributed by atoms with E-state index in [0.717, 1.165) is 4.31 Å². The molecule has 0 saturated heterocycles. The third-order valence-corrected chi connectivity index (χ3v) is 6.05. The van der Waals surface area contributed by atoms with Crippen molar-refractivity contribution in [3.8, 4) is 0 Å². The fourth-order valence-electron chi connectivity index (χ4n) is 2.51. The molecule has 30 heavy (non-hydrogen) atoms. The van der Waals surface area contributed by atoms with E-state index < -0.39 is 22.5 Å². The Morgan fingerprint density at radius 3 is 2.33 bits per heavy atom. The number of carbonyl (C=O) groups excluding carboxylic acids is 1. The van der Waals surface area contributed by atoms with Crippen molar-refractivity contribution in [3.05, 3.63) is 88.7 Å². The highest BCUT2D eigenvalue weighted by Gasteiger charge is 2.27. The maximum atomic E-state index is 13.2. The Morgan fingerprint density at radius 1 is 1.03 bits per heavy atom. The Balaban J connectivity index is 1.88. The van der Waals surface area contributed by atoms with Gasteiger partial charge < -0.3 is 0 Å². The van der Waals surface area contributed by atoms with Crippen LogP contribution in [0.4, 0.5) is 5.69 Å². The summed E-state index contributed by atoms with van der Waals surface area (Å²) >= 11 is 12.1. The van der Waals surface area contributed by atoms with Crippen LogP contribution >= 0.6 is 23.2 Å². The average Bonchev–Trinajstić information content (AvgIpc) is 2.72. The number of aromatic nitrogens is 1. The molecule has 10 heteroatoms. The van der Waals surface area contributed by atoms with Gasteiger partial charge in [-0.2, -0.15) is 5.10 Å². The van der Waals surface area contributed by atoms with Gasteiger partial charge in [0.25, 0.3) is 15.9 Å². The highest BCUT2D eigenvalue weighted by atomic mass is 35.5. The molecule has 0 unspecified atom stereocenters. The number of nitrogens with one attached hydrogen (secondary N) is 1. The summed E-state index contributed by atoms with van der Waals surface area (Å²) in [7, 11) is -4.07. The van der Waals surface area contributed by atoms with Crippen LogP contribution in [0.5, 0.6) is 0 Å². The number of anilines is 1. The molecule has 0 bridgehead atoms. The van der Waals surface area contributed by atoms with Crippen molar-refractivity contribution in [2.45, 2.75) is 4.90 Å². The molecular weight excluding hydrogens is 447 g/mol. The molecule has 1 amide bonds. The van der Waals surface area contributed by atoms with Gasteiger partial charge in [0.15, 0.2) is 0 Å². The van der Waals surface area contributed by atoms with E-state index >= 15 is 0 Å². The van der Waals surface area contributed by atoms with Gasteiger partial charge in [0, 0.05) is 16.2 Å². The molecule has 0 aliphatic rings. The highest BCUT2D eigenvalue weighted by molar-refractivity contribution is 7.92. The average molecular weight is 463 g/mol. The number of halogens is 2. The van der Waals surface area contributed by atoms with Gasteiger partial charge in [-0.15, -0.1) is 0 Å². The third-order valence-electron chi connectivity index (χ3n) is 3.83. The number of rotatable bonds is 7. The standard InChI is InChI=1S/C20H16Cl2N4O3S/c21-15-10-16(22)12-18(11-15)26(30(28,29)19-7-2-1-3-8-19)14-20(27)25-24-13-17-6-4-5-9-23-17/h1-13H,14H2,(H,25,27)/b24-13+. The van der Waals surface area contributed by atoms with E-state index in [1.54, 1.807) is 42.6 Å². The molecule has 0 aliphatic heterocycles. The molecule has 1 N–H and O–H groups in total. The SMILES string of the molecule is O=C(CN(c1cc(Cl)cc(Cl)c1)S(=O)(=O)c1ccccc1)N/N=C/c1ccccn1. The lowest BCUT2D eigenvalue weighted by Crippen LogP contribution is -2.39. The summed E-state index contributed by atoms with van der Waals surface area (Å²) in [4.78, 5) is 16.5. The molecular formula is C20H16Cl2N4O3S. The number of hydrogen-bond acceptors (Lipinski definition) is 5. The van der Waals surface area contributed by atoms with Crippen molar-refractivity contribution in [3.63, 3.8) is 0 Å². The number of nitrogens with zero attached hydrogens (tertiary/aromatic N) is 3. The number of sulfonamides is 1. The number of pyridine rings is 1. The van der Waals surface area contributed by atoms with E-state index in [4.69, 9.17) is 23.2 Å².